The van der Waals surface area contributed by atoms with Crippen molar-refractivity contribution in [1.82, 2.24) is 0 Å². The predicted molar refractivity (Wildman–Crippen MR) is 97.7 cm³/mol. The van der Waals surface area contributed by atoms with Gasteiger partial charge in [0, 0.05) is 19.9 Å². The first-order chi connectivity index (χ1) is 12.6. The Morgan fingerprint density at radius 2 is 2.00 bits per heavy atom. The lowest BCUT2D eigenvalue weighted by Crippen LogP contribution is -2.30. The van der Waals surface area contributed by atoms with E-state index < -0.39 is 0 Å². The summed E-state index contributed by atoms with van der Waals surface area (Å²) < 4.78 is 10.7. The van der Waals surface area contributed by atoms with Crippen LogP contribution in [-0.4, -0.2) is 25.2 Å². The van der Waals surface area contributed by atoms with Crippen molar-refractivity contribution in [1.29, 1.82) is 0 Å². The third kappa shape index (κ3) is 3.10. The zero-order chi connectivity index (χ0) is 18.1. The number of carbonyl (C=O) groups excluding carboxylic acids is 2. The second kappa shape index (κ2) is 6.71. The Balaban J connectivity index is 1.48. The van der Waals surface area contributed by atoms with Crippen LogP contribution < -0.4 is 19.7 Å². The van der Waals surface area contributed by atoms with Gasteiger partial charge in [0.2, 0.25) is 18.6 Å². The van der Waals surface area contributed by atoms with Crippen LogP contribution in [0.25, 0.3) is 0 Å². The average molecular weight is 352 g/mol. The summed E-state index contributed by atoms with van der Waals surface area (Å²) >= 11 is 0. The maximum absolute atomic E-state index is 12.8. The Labute approximate surface area is 151 Å². The van der Waals surface area contributed by atoms with Gasteiger partial charge in [-0.05, 0) is 42.2 Å². The van der Waals surface area contributed by atoms with Gasteiger partial charge in [0.15, 0.2) is 11.5 Å². The molecule has 2 amide bonds. The molecule has 2 aromatic carbocycles. The second-order valence-electron chi connectivity index (χ2n) is 6.48. The summed E-state index contributed by atoms with van der Waals surface area (Å²) in [4.78, 5) is 26.1. The molecule has 0 saturated heterocycles. The van der Waals surface area contributed by atoms with Gasteiger partial charge in [-0.25, -0.2) is 0 Å². The van der Waals surface area contributed by atoms with Crippen LogP contribution in [0.3, 0.4) is 0 Å². The highest BCUT2D eigenvalue weighted by Gasteiger charge is 2.27. The maximum Gasteiger partial charge on any atom is 0.231 e. The molecule has 4 rings (SSSR count). The molecule has 2 aromatic rings. The zero-order valence-corrected chi connectivity index (χ0v) is 14.6. The number of ether oxygens (including phenoxy) is 2. The second-order valence-corrected chi connectivity index (χ2v) is 6.48. The molecule has 2 aliphatic heterocycles. The van der Waals surface area contributed by atoms with E-state index >= 15 is 0 Å². The Hall–Kier alpha value is -3.02. The molecule has 0 saturated carbocycles. The first-order valence-corrected chi connectivity index (χ1v) is 8.70. The molecular weight excluding hydrogens is 332 g/mol. The Morgan fingerprint density at radius 3 is 2.85 bits per heavy atom. The molecule has 0 bridgehead atoms. The zero-order valence-electron chi connectivity index (χ0n) is 14.6. The molecule has 26 heavy (non-hydrogen) atoms. The Morgan fingerprint density at radius 1 is 1.15 bits per heavy atom. The fourth-order valence-electron chi connectivity index (χ4n) is 3.48. The van der Waals surface area contributed by atoms with Crippen molar-refractivity contribution in [2.24, 2.45) is 0 Å². The minimum Gasteiger partial charge on any atom is -0.454 e. The summed E-state index contributed by atoms with van der Waals surface area (Å²) in [6, 6.07) is 11.5. The number of hydrogen-bond donors (Lipinski definition) is 1. The third-order valence-electron chi connectivity index (χ3n) is 4.67. The summed E-state index contributed by atoms with van der Waals surface area (Å²) in [7, 11) is 0. The van der Waals surface area contributed by atoms with E-state index in [1.165, 1.54) is 6.92 Å². The number of para-hydroxylation sites is 1. The minimum absolute atomic E-state index is 0.0548. The number of carbonyl (C=O) groups is 2. The number of hydrogen-bond acceptors (Lipinski definition) is 4. The van der Waals surface area contributed by atoms with Gasteiger partial charge in [0.05, 0.1) is 11.4 Å². The molecular formula is C20H20N2O4. The van der Waals surface area contributed by atoms with Crippen molar-refractivity contribution < 1.29 is 19.1 Å². The van der Waals surface area contributed by atoms with Crippen LogP contribution in [0.5, 0.6) is 11.5 Å². The van der Waals surface area contributed by atoms with Gasteiger partial charge >= 0.3 is 0 Å². The molecule has 1 N–H and O–H groups in total. The van der Waals surface area contributed by atoms with Crippen LogP contribution in [-0.2, 0) is 22.4 Å². The van der Waals surface area contributed by atoms with Crippen LogP contribution in [0.2, 0.25) is 0 Å². The first kappa shape index (κ1) is 16.4. The summed E-state index contributed by atoms with van der Waals surface area (Å²) in [6.45, 7) is 2.36. The fraction of sp³-hybridized carbons (Fsp3) is 0.300. The third-order valence-corrected chi connectivity index (χ3v) is 4.67. The van der Waals surface area contributed by atoms with Crippen molar-refractivity contribution in [3.63, 3.8) is 0 Å². The number of anilines is 2. The maximum atomic E-state index is 12.8. The molecule has 134 valence electrons. The van der Waals surface area contributed by atoms with Gasteiger partial charge in [0.1, 0.15) is 0 Å². The highest BCUT2D eigenvalue weighted by Crippen LogP contribution is 2.36. The van der Waals surface area contributed by atoms with Gasteiger partial charge in [-0.1, -0.05) is 18.2 Å². The van der Waals surface area contributed by atoms with E-state index in [9.17, 15) is 9.59 Å². The number of nitrogens with one attached hydrogen (secondary N) is 1. The highest BCUT2D eigenvalue weighted by molar-refractivity contribution is 6.02. The van der Waals surface area contributed by atoms with Crippen molar-refractivity contribution >= 4 is 23.2 Å². The Bertz CT molecular complexity index is 878. The SMILES string of the molecule is CC(=O)Nc1cccc2c1N(C(=O)CCc1ccc3c(c1)OCO3)CC2. The van der Waals surface area contributed by atoms with Crippen molar-refractivity contribution in [3.8, 4) is 11.5 Å². The van der Waals surface area contributed by atoms with Crippen LogP contribution in [0, 0.1) is 0 Å². The largest absolute Gasteiger partial charge is 0.454 e. The normalized spacial score (nSPS) is 14.3. The molecule has 0 aromatic heterocycles. The number of nitrogens with zero attached hydrogens (tertiary/aromatic N) is 1. The van der Waals surface area contributed by atoms with E-state index in [2.05, 4.69) is 5.32 Å². The van der Waals surface area contributed by atoms with Crippen molar-refractivity contribution in [3.05, 3.63) is 47.5 Å². The van der Waals surface area contributed by atoms with Crippen molar-refractivity contribution in [2.45, 2.75) is 26.2 Å². The smallest absolute Gasteiger partial charge is 0.231 e. The fourth-order valence-corrected chi connectivity index (χ4v) is 3.48. The van der Waals surface area contributed by atoms with Gasteiger partial charge in [-0.3, -0.25) is 9.59 Å². The van der Waals surface area contributed by atoms with Gasteiger partial charge < -0.3 is 19.7 Å². The van der Waals surface area contributed by atoms with E-state index in [0.717, 1.165) is 34.7 Å². The number of benzene rings is 2. The topological polar surface area (TPSA) is 67.9 Å². The van der Waals surface area contributed by atoms with E-state index in [4.69, 9.17) is 9.47 Å². The summed E-state index contributed by atoms with van der Waals surface area (Å²) in [6.07, 6.45) is 1.83. The number of amides is 2. The number of fused-ring (bicyclic) bond motifs is 2. The molecule has 2 heterocycles. The quantitative estimate of drug-likeness (QED) is 0.919. The molecule has 6 heteroatoms. The highest BCUT2D eigenvalue weighted by atomic mass is 16.7. The van der Waals surface area contributed by atoms with Crippen LogP contribution >= 0.6 is 0 Å². The molecule has 0 aliphatic carbocycles. The molecule has 0 radical (unpaired) electrons. The molecule has 2 aliphatic rings. The number of aryl methyl sites for hydroxylation is 1. The van der Waals surface area contributed by atoms with Crippen LogP contribution in [0.4, 0.5) is 11.4 Å². The summed E-state index contributed by atoms with van der Waals surface area (Å²) in [5.74, 6) is 1.39. The predicted octanol–water partition coefficient (Wildman–Crippen LogP) is 2.90. The van der Waals surface area contributed by atoms with Crippen LogP contribution in [0.1, 0.15) is 24.5 Å². The lowest BCUT2D eigenvalue weighted by Gasteiger charge is -2.20. The standard InChI is InChI=1S/C20H20N2O4/c1-13(23)21-16-4-2-3-15-9-10-22(20(15)16)19(24)8-6-14-5-7-17-18(11-14)26-12-25-17/h2-5,7,11H,6,8-10,12H2,1H3,(H,21,23). The van der Waals surface area contributed by atoms with Gasteiger partial charge in [0.25, 0.3) is 0 Å². The first-order valence-electron chi connectivity index (χ1n) is 8.70. The summed E-state index contributed by atoms with van der Waals surface area (Å²) in [5.41, 5.74) is 3.66. The number of rotatable bonds is 4. The van der Waals surface area contributed by atoms with E-state index in [1.807, 2.05) is 36.4 Å². The minimum atomic E-state index is -0.141. The van der Waals surface area contributed by atoms with Gasteiger partial charge in [-0.2, -0.15) is 0 Å². The van der Waals surface area contributed by atoms with Crippen LogP contribution in [0.15, 0.2) is 36.4 Å². The van der Waals surface area contributed by atoms with E-state index in [1.54, 1.807) is 4.90 Å². The van der Waals surface area contributed by atoms with E-state index in [0.29, 0.717) is 25.1 Å². The molecule has 0 fully saturated rings. The summed E-state index contributed by atoms with van der Waals surface area (Å²) in [5, 5.41) is 2.83. The molecule has 0 spiro atoms. The molecule has 0 atom stereocenters. The average Bonchev–Trinajstić information content (AvgIpc) is 3.26. The lowest BCUT2D eigenvalue weighted by molar-refractivity contribution is -0.118. The van der Waals surface area contributed by atoms with Crippen molar-refractivity contribution in [2.75, 3.05) is 23.6 Å². The monoisotopic (exact) mass is 352 g/mol. The lowest BCUT2D eigenvalue weighted by atomic mass is 10.1. The van der Waals surface area contributed by atoms with E-state index in [-0.39, 0.29) is 18.6 Å². The Kier molecular flexibility index (Phi) is 4.24. The molecule has 6 nitrogen and oxygen atoms in total. The van der Waals surface area contributed by atoms with Gasteiger partial charge in [-0.15, -0.1) is 0 Å². The molecule has 0 unspecified atom stereocenters.